The van der Waals surface area contributed by atoms with E-state index in [2.05, 4.69) is 15.6 Å². The van der Waals surface area contributed by atoms with Gasteiger partial charge in [0.25, 0.3) is 5.91 Å². The van der Waals surface area contributed by atoms with E-state index in [9.17, 15) is 24.0 Å². The molecule has 1 aromatic heterocycles. The van der Waals surface area contributed by atoms with E-state index in [1.807, 2.05) is 18.2 Å². The van der Waals surface area contributed by atoms with Gasteiger partial charge in [0.2, 0.25) is 11.8 Å². The molecule has 184 valence electrons. The lowest BCUT2D eigenvalue weighted by Gasteiger charge is -2.20. The van der Waals surface area contributed by atoms with Crippen LogP contribution in [0.2, 0.25) is 1.41 Å². The van der Waals surface area contributed by atoms with Crippen molar-refractivity contribution in [2.45, 2.75) is 45.7 Å². The van der Waals surface area contributed by atoms with Gasteiger partial charge in [-0.3, -0.25) is 19.2 Å². The number of aromatic amines is 1. The van der Waals surface area contributed by atoms with Crippen molar-refractivity contribution in [3.8, 4) is 0 Å². The van der Waals surface area contributed by atoms with Crippen LogP contribution in [-0.4, -0.2) is 66.5 Å². The highest BCUT2D eigenvalue weighted by atomic mass is 16.5. The number of carbonyl (C=O) groups excluding carboxylic acids is 5. The zero-order valence-corrected chi connectivity index (χ0v) is 19.4. The second-order valence-corrected chi connectivity index (χ2v) is 7.31. The molecule has 4 N–H and O–H groups in total. The molecule has 3 amide bonds. The summed E-state index contributed by atoms with van der Waals surface area (Å²) in [5.74, 6) is -3.45. The number of fused-ring (bicyclic) bond motifs is 1. The Balaban J connectivity index is 1.92. The van der Waals surface area contributed by atoms with Crippen LogP contribution in [0.5, 0.6) is 0 Å². The number of aromatic nitrogens is 1. The average Bonchev–Trinajstić information content (AvgIpc) is 3.28. The van der Waals surface area contributed by atoms with E-state index in [1.165, 1.54) is 6.92 Å². The predicted molar refractivity (Wildman–Crippen MR) is 123 cm³/mol. The molecule has 0 spiro atoms. The van der Waals surface area contributed by atoms with Crippen LogP contribution in [-0.2, 0) is 28.7 Å². The maximum atomic E-state index is 12.6. The first-order valence-corrected chi connectivity index (χ1v) is 11.0. The van der Waals surface area contributed by atoms with E-state index in [-0.39, 0.29) is 31.7 Å². The topological polar surface area (TPSA) is 156 Å². The SMILES string of the molecule is [2H]N(C(=O)CNC(=O)c1cc2ccccc2[nH]1)[C@@H](C)C(=O)N[C@@H](CCC(=O)OCC)C(=O)OCC. The molecule has 2 aromatic rings. The summed E-state index contributed by atoms with van der Waals surface area (Å²) in [5, 5.41) is 6.07. The lowest BCUT2D eigenvalue weighted by molar-refractivity contribution is -0.149. The van der Waals surface area contributed by atoms with Crippen molar-refractivity contribution in [2.75, 3.05) is 19.8 Å². The van der Waals surface area contributed by atoms with E-state index in [0.29, 0.717) is 5.31 Å². The van der Waals surface area contributed by atoms with Gasteiger partial charge >= 0.3 is 11.9 Å². The molecule has 11 heteroatoms. The Hall–Kier alpha value is -3.89. The summed E-state index contributed by atoms with van der Waals surface area (Å²) in [5.41, 5.74) is 1.01. The van der Waals surface area contributed by atoms with E-state index in [4.69, 9.17) is 10.9 Å². The minimum absolute atomic E-state index is 0.0668. The summed E-state index contributed by atoms with van der Waals surface area (Å²) in [6.45, 7) is 4.27. The Kier molecular flexibility index (Phi) is 9.44. The van der Waals surface area contributed by atoms with Crippen molar-refractivity contribution in [1.82, 2.24) is 20.9 Å². The third-order valence-corrected chi connectivity index (χ3v) is 4.72. The molecule has 2 rings (SSSR count). The maximum absolute atomic E-state index is 12.6. The summed E-state index contributed by atoms with van der Waals surface area (Å²) in [7, 11) is 0. The molecule has 0 unspecified atom stereocenters. The van der Waals surface area contributed by atoms with E-state index >= 15 is 0 Å². The maximum Gasteiger partial charge on any atom is 0.328 e. The number of esters is 2. The van der Waals surface area contributed by atoms with Crippen LogP contribution < -0.4 is 15.9 Å². The average molecular weight is 476 g/mol. The number of benzene rings is 1. The monoisotopic (exact) mass is 475 g/mol. The van der Waals surface area contributed by atoms with Crippen molar-refractivity contribution in [3.63, 3.8) is 0 Å². The molecule has 0 aliphatic heterocycles. The van der Waals surface area contributed by atoms with Crippen LogP contribution in [0.15, 0.2) is 30.3 Å². The molecule has 1 heterocycles. The van der Waals surface area contributed by atoms with E-state index in [0.717, 1.165) is 10.9 Å². The molecule has 0 bridgehead atoms. The summed E-state index contributed by atoms with van der Waals surface area (Å²) in [6.07, 6.45) is -0.197. The number of rotatable bonds is 12. The largest absolute Gasteiger partial charge is 0.466 e. The van der Waals surface area contributed by atoms with Gasteiger partial charge in [-0.05, 0) is 39.3 Å². The summed E-state index contributed by atoms with van der Waals surface area (Å²) in [4.78, 5) is 64.1. The Morgan fingerprint density at radius 2 is 1.79 bits per heavy atom. The number of para-hydroxylation sites is 1. The zero-order chi connectivity index (χ0) is 26.0. The summed E-state index contributed by atoms with van der Waals surface area (Å²) < 4.78 is 17.7. The fourth-order valence-corrected chi connectivity index (χ4v) is 3.05. The van der Waals surface area contributed by atoms with Crippen LogP contribution in [0, 0.1) is 0 Å². The second-order valence-electron chi connectivity index (χ2n) is 7.31. The van der Waals surface area contributed by atoms with Crippen LogP contribution >= 0.6 is 0 Å². The lowest BCUT2D eigenvalue weighted by atomic mass is 10.1. The summed E-state index contributed by atoms with van der Waals surface area (Å²) in [6, 6.07) is 6.48. The van der Waals surface area contributed by atoms with Crippen molar-refractivity contribution in [2.24, 2.45) is 0 Å². The first-order valence-electron chi connectivity index (χ1n) is 11.4. The van der Waals surface area contributed by atoms with Gasteiger partial charge in [-0.2, -0.15) is 0 Å². The summed E-state index contributed by atoms with van der Waals surface area (Å²) >= 11 is 0. The normalized spacial score (nSPS) is 12.7. The molecule has 2 atom stereocenters. The number of amides is 3. The Bertz CT molecular complexity index is 1040. The molecule has 11 nitrogen and oxygen atoms in total. The zero-order valence-electron chi connectivity index (χ0n) is 20.4. The number of hydrogen-bond donors (Lipinski definition) is 4. The number of ether oxygens (including phenoxy) is 2. The molecule has 34 heavy (non-hydrogen) atoms. The van der Waals surface area contributed by atoms with Gasteiger partial charge in [0.1, 0.15) is 17.8 Å². The quantitative estimate of drug-likeness (QED) is 0.331. The van der Waals surface area contributed by atoms with Gasteiger partial charge in [-0.25, -0.2) is 4.79 Å². The van der Waals surface area contributed by atoms with Gasteiger partial charge in [-0.1, -0.05) is 18.2 Å². The highest BCUT2D eigenvalue weighted by Gasteiger charge is 2.26. The van der Waals surface area contributed by atoms with E-state index in [1.54, 1.807) is 26.0 Å². The third kappa shape index (κ3) is 7.91. The minimum atomic E-state index is -1.29. The number of nitrogens with one attached hydrogen (secondary N) is 4. The Labute approximate surface area is 198 Å². The molecule has 0 aliphatic rings. The van der Waals surface area contributed by atoms with Gasteiger partial charge < -0.3 is 30.4 Å². The molecule has 0 saturated heterocycles. The van der Waals surface area contributed by atoms with Crippen LogP contribution in [0.25, 0.3) is 10.9 Å². The van der Waals surface area contributed by atoms with Gasteiger partial charge in [0.05, 0.1) is 19.8 Å². The predicted octanol–water partition coefficient (Wildman–Crippen LogP) is 0.794. The fraction of sp³-hybridized carbons (Fsp3) is 0.435. The number of carbonyl (C=O) groups is 5. The Morgan fingerprint density at radius 3 is 2.47 bits per heavy atom. The van der Waals surface area contributed by atoms with Gasteiger partial charge in [0, 0.05) is 17.3 Å². The van der Waals surface area contributed by atoms with Crippen molar-refractivity contribution in [3.05, 3.63) is 36.0 Å². The van der Waals surface area contributed by atoms with Crippen LogP contribution in [0.3, 0.4) is 0 Å². The number of hydrogen-bond acceptors (Lipinski definition) is 7. The first kappa shape index (κ1) is 24.7. The van der Waals surface area contributed by atoms with Gasteiger partial charge in [0.15, 0.2) is 1.41 Å². The standard InChI is InChI=1S/C23H30N4O7/c1-4-33-20(29)11-10-17(23(32)34-5-2)27-21(30)14(3)25-19(28)13-24-22(31)18-12-15-8-6-7-9-16(15)26-18/h6-9,12,14,17,26H,4-5,10-11,13H2,1-3H3,(H,24,31)(H,25,28)(H,27,30)/t14-,17-/m0/s1/i/hD. The molecule has 1 aromatic carbocycles. The van der Waals surface area contributed by atoms with Crippen LogP contribution in [0.1, 0.15) is 44.1 Å². The molecule has 0 radical (unpaired) electrons. The second kappa shape index (κ2) is 13.0. The number of H-pyrrole nitrogens is 1. The lowest BCUT2D eigenvalue weighted by Crippen LogP contribution is -2.52. The van der Waals surface area contributed by atoms with Crippen molar-refractivity contribution >= 4 is 40.6 Å². The molecule has 0 saturated carbocycles. The molecule has 0 fully saturated rings. The third-order valence-electron chi connectivity index (χ3n) is 4.72. The molecular formula is C23H30N4O7. The fourth-order valence-electron chi connectivity index (χ4n) is 3.05. The highest BCUT2D eigenvalue weighted by molar-refractivity contribution is 5.99. The minimum Gasteiger partial charge on any atom is -0.466 e. The molecular weight excluding hydrogens is 444 g/mol. The first-order chi connectivity index (χ1) is 16.7. The van der Waals surface area contributed by atoms with E-state index < -0.39 is 48.3 Å². The smallest absolute Gasteiger partial charge is 0.328 e. The van der Waals surface area contributed by atoms with Crippen molar-refractivity contribution in [1.29, 1.82) is 0 Å². The Morgan fingerprint density at radius 1 is 1.09 bits per heavy atom. The van der Waals surface area contributed by atoms with Gasteiger partial charge in [-0.15, -0.1) is 0 Å². The van der Waals surface area contributed by atoms with Crippen LogP contribution in [0.4, 0.5) is 0 Å². The highest BCUT2D eigenvalue weighted by Crippen LogP contribution is 2.14. The van der Waals surface area contributed by atoms with Crippen molar-refractivity contribution < 1.29 is 34.9 Å². The molecule has 0 aliphatic carbocycles.